The summed E-state index contributed by atoms with van der Waals surface area (Å²) in [5, 5.41) is 9.11. The average molecular weight is 225 g/mol. The molecular weight excluding hydrogens is 212 g/mol. The summed E-state index contributed by atoms with van der Waals surface area (Å²) in [5.74, 6) is 0.670. The van der Waals surface area contributed by atoms with Gasteiger partial charge in [-0.1, -0.05) is 17.7 Å². The summed E-state index contributed by atoms with van der Waals surface area (Å²) in [6.45, 7) is 1.11. The number of hydrogen-bond acceptors (Lipinski definition) is 3. The van der Waals surface area contributed by atoms with Gasteiger partial charge in [0.2, 0.25) is 0 Å². The third kappa shape index (κ3) is 3.43. The lowest BCUT2D eigenvalue weighted by Crippen LogP contribution is -2.17. The average Bonchev–Trinajstić information content (AvgIpc) is 2.18. The van der Waals surface area contributed by atoms with E-state index in [-0.39, 0.29) is 0 Å². The van der Waals surface area contributed by atoms with Gasteiger partial charge in [-0.25, -0.2) is 0 Å². The topological polar surface area (TPSA) is 36.3 Å². The Hall–Kier alpha value is -1.24. The summed E-state index contributed by atoms with van der Waals surface area (Å²) in [6.07, 6.45) is 0. The van der Waals surface area contributed by atoms with E-state index in [1.165, 1.54) is 0 Å². The molecule has 0 saturated heterocycles. The van der Waals surface area contributed by atoms with Gasteiger partial charge in [0.1, 0.15) is 5.75 Å². The Labute approximate surface area is 94.8 Å². The SMILES string of the molecule is COc1ccc(CN(C)CC#N)cc1Cl. The van der Waals surface area contributed by atoms with Gasteiger partial charge >= 0.3 is 0 Å². The fraction of sp³-hybridized carbons (Fsp3) is 0.364. The van der Waals surface area contributed by atoms with Crippen LogP contribution in [0.15, 0.2) is 18.2 Å². The van der Waals surface area contributed by atoms with Crippen LogP contribution < -0.4 is 4.74 Å². The summed E-state index contributed by atoms with van der Waals surface area (Å²) in [7, 11) is 3.48. The molecule has 0 amide bonds. The van der Waals surface area contributed by atoms with E-state index in [0.717, 1.165) is 5.56 Å². The molecule has 0 aliphatic heterocycles. The van der Waals surface area contributed by atoms with Crippen molar-refractivity contribution in [3.05, 3.63) is 28.8 Å². The van der Waals surface area contributed by atoms with Crippen LogP contribution in [0.1, 0.15) is 5.56 Å². The van der Waals surface area contributed by atoms with Crippen molar-refractivity contribution in [1.29, 1.82) is 5.26 Å². The molecule has 1 aromatic rings. The maximum absolute atomic E-state index is 8.51. The molecule has 0 saturated carbocycles. The molecule has 15 heavy (non-hydrogen) atoms. The van der Waals surface area contributed by atoms with Gasteiger partial charge in [-0.05, 0) is 24.7 Å². The lowest BCUT2D eigenvalue weighted by Gasteiger charge is -2.13. The van der Waals surface area contributed by atoms with Crippen LogP contribution in [-0.4, -0.2) is 25.6 Å². The monoisotopic (exact) mass is 224 g/mol. The van der Waals surface area contributed by atoms with Gasteiger partial charge < -0.3 is 4.74 Å². The molecule has 0 bridgehead atoms. The first-order valence-electron chi connectivity index (χ1n) is 4.55. The Morgan fingerprint density at radius 3 is 2.80 bits per heavy atom. The Morgan fingerprint density at radius 1 is 1.53 bits per heavy atom. The molecule has 0 heterocycles. The quantitative estimate of drug-likeness (QED) is 0.737. The largest absolute Gasteiger partial charge is 0.495 e. The van der Waals surface area contributed by atoms with Gasteiger partial charge in [-0.3, -0.25) is 4.90 Å². The second kappa shape index (κ2) is 5.59. The second-order valence-corrected chi connectivity index (χ2v) is 3.71. The number of hydrogen-bond donors (Lipinski definition) is 0. The van der Waals surface area contributed by atoms with Gasteiger partial charge in [0.15, 0.2) is 0 Å². The Balaban J connectivity index is 2.72. The minimum atomic E-state index is 0.406. The van der Waals surface area contributed by atoms with Crippen LogP contribution in [0, 0.1) is 11.3 Å². The van der Waals surface area contributed by atoms with E-state index in [1.807, 2.05) is 30.1 Å². The Kier molecular flexibility index (Phi) is 4.41. The highest BCUT2D eigenvalue weighted by Crippen LogP contribution is 2.25. The van der Waals surface area contributed by atoms with Gasteiger partial charge in [0.05, 0.1) is 24.7 Å². The van der Waals surface area contributed by atoms with E-state index >= 15 is 0 Å². The molecule has 0 aromatic heterocycles. The molecule has 0 aliphatic carbocycles. The standard InChI is InChI=1S/C11H13ClN2O/c1-14(6-5-13)8-9-3-4-11(15-2)10(12)7-9/h3-4,7H,6,8H2,1-2H3. The number of benzene rings is 1. The molecule has 0 fully saturated rings. The van der Waals surface area contributed by atoms with Crippen LogP contribution in [0.2, 0.25) is 5.02 Å². The van der Waals surface area contributed by atoms with Crippen molar-refractivity contribution in [2.45, 2.75) is 6.54 Å². The summed E-state index contributed by atoms with van der Waals surface area (Å²) in [6, 6.07) is 7.72. The lowest BCUT2D eigenvalue weighted by atomic mass is 10.2. The summed E-state index contributed by atoms with van der Waals surface area (Å²) in [4.78, 5) is 1.91. The smallest absolute Gasteiger partial charge is 0.137 e. The molecule has 1 rings (SSSR count). The van der Waals surface area contributed by atoms with Crippen LogP contribution >= 0.6 is 11.6 Å². The molecule has 1 aromatic carbocycles. The fourth-order valence-electron chi connectivity index (χ4n) is 1.30. The third-order valence-electron chi connectivity index (χ3n) is 2.01. The zero-order valence-electron chi connectivity index (χ0n) is 8.83. The first kappa shape index (κ1) is 11.8. The van der Waals surface area contributed by atoms with Gasteiger partial charge in [-0.15, -0.1) is 0 Å². The highest BCUT2D eigenvalue weighted by Gasteiger charge is 2.03. The number of rotatable bonds is 4. The number of nitriles is 1. The van der Waals surface area contributed by atoms with E-state index in [4.69, 9.17) is 21.6 Å². The van der Waals surface area contributed by atoms with Crippen LogP contribution in [0.3, 0.4) is 0 Å². The zero-order chi connectivity index (χ0) is 11.3. The minimum Gasteiger partial charge on any atom is -0.495 e. The molecule has 0 spiro atoms. The highest BCUT2D eigenvalue weighted by molar-refractivity contribution is 6.32. The molecule has 3 nitrogen and oxygen atoms in total. The Bertz CT molecular complexity index is 373. The fourth-order valence-corrected chi connectivity index (χ4v) is 1.58. The van der Waals surface area contributed by atoms with Crippen LogP contribution in [0.5, 0.6) is 5.75 Å². The van der Waals surface area contributed by atoms with E-state index in [1.54, 1.807) is 7.11 Å². The molecule has 0 N–H and O–H groups in total. The minimum absolute atomic E-state index is 0.406. The van der Waals surface area contributed by atoms with Crippen molar-refractivity contribution in [2.75, 3.05) is 20.7 Å². The maximum atomic E-state index is 8.51. The lowest BCUT2D eigenvalue weighted by molar-refractivity contribution is 0.367. The Morgan fingerprint density at radius 2 is 2.27 bits per heavy atom. The highest BCUT2D eigenvalue weighted by atomic mass is 35.5. The van der Waals surface area contributed by atoms with Crippen molar-refractivity contribution in [1.82, 2.24) is 4.90 Å². The van der Waals surface area contributed by atoms with E-state index < -0.39 is 0 Å². The number of ether oxygens (including phenoxy) is 1. The summed E-state index contributed by atoms with van der Waals surface area (Å²) in [5.41, 5.74) is 1.07. The predicted molar refractivity (Wildman–Crippen MR) is 60.0 cm³/mol. The molecule has 0 radical (unpaired) electrons. The van der Waals surface area contributed by atoms with Crippen molar-refractivity contribution in [3.8, 4) is 11.8 Å². The zero-order valence-corrected chi connectivity index (χ0v) is 9.58. The van der Waals surface area contributed by atoms with Crippen molar-refractivity contribution in [2.24, 2.45) is 0 Å². The molecule has 0 aliphatic rings. The first-order valence-corrected chi connectivity index (χ1v) is 4.93. The normalized spacial score (nSPS) is 10.1. The molecular formula is C11H13ClN2O. The maximum Gasteiger partial charge on any atom is 0.137 e. The summed E-state index contributed by atoms with van der Waals surface area (Å²) < 4.78 is 5.05. The number of methoxy groups -OCH3 is 1. The summed E-state index contributed by atoms with van der Waals surface area (Å²) >= 11 is 5.98. The van der Waals surface area contributed by atoms with E-state index in [9.17, 15) is 0 Å². The van der Waals surface area contributed by atoms with Crippen LogP contribution in [0.4, 0.5) is 0 Å². The second-order valence-electron chi connectivity index (χ2n) is 3.30. The van der Waals surface area contributed by atoms with Gasteiger partial charge in [-0.2, -0.15) is 5.26 Å². The molecule has 4 heteroatoms. The van der Waals surface area contributed by atoms with Gasteiger partial charge in [0.25, 0.3) is 0 Å². The van der Waals surface area contributed by atoms with Crippen LogP contribution in [0.25, 0.3) is 0 Å². The van der Waals surface area contributed by atoms with Crippen molar-refractivity contribution >= 4 is 11.6 Å². The molecule has 80 valence electrons. The van der Waals surface area contributed by atoms with E-state index in [2.05, 4.69) is 6.07 Å². The van der Waals surface area contributed by atoms with Crippen molar-refractivity contribution < 1.29 is 4.74 Å². The van der Waals surface area contributed by atoms with Crippen LogP contribution in [-0.2, 0) is 6.54 Å². The van der Waals surface area contributed by atoms with Crippen molar-refractivity contribution in [3.63, 3.8) is 0 Å². The number of nitrogens with zero attached hydrogens (tertiary/aromatic N) is 2. The number of halogens is 1. The third-order valence-corrected chi connectivity index (χ3v) is 2.30. The predicted octanol–water partition coefficient (Wildman–Crippen LogP) is 2.30. The molecule has 0 unspecified atom stereocenters. The van der Waals surface area contributed by atoms with E-state index in [0.29, 0.717) is 23.9 Å². The first-order chi connectivity index (χ1) is 7.17. The molecule has 0 atom stereocenters. The van der Waals surface area contributed by atoms with Gasteiger partial charge in [0, 0.05) is 6.54 Å².